The lowest BCUT2D eigenvalue weighted by Crippen LogP contribution is -2.47. The number of aliphatic hydroxyl groups is 1. The van der Waals surface area contributed by atoms with Gasteiger partial charge in [0.1, 0.15) is 4.21 Å². The molecule has 112 valence electrons. The summed E-state index contributed by atoms with van der Waals surface area (Å²) in [7, 11) is -3.42. The van der Waals surface area contributed by atoms with Gasteiger partial charge >= 0.3 is 0 Å². The molecule has 2 bridgehead atoms. The third kappa shape index (κ3) is 2.42. The summed E-state index contributed by atoms with van der Waals surface area (Å²) in [6.45, 7) is 0.529. The Balaban J connectivity index is 1.88. The minimum Gasteiger partial charge on any atom is -0.393 e. The summed E-state index contributed by atoms with van der Waals surface area (Å²) < 4.78 is 27.7. The summed E-state index contributed by atoms with van der Waals surface area (Å²) in [4.78, 5) is 1.01. The maximum absolute atomic E-state index is 12.8. The Labute approximate surface area is 123 Å². The molecule has 2 fully saturated rings. The maximum Gasteiger partial charge on any atom is 0.253 e. The molecule has 3 rings (SSSR count). The molecule has 0 aromatic carbocycles. The van der Waals surface area contributed by atoms with Crippen LogP contribution in [0.25, 0.3) is 0 Å². The van der Waals surface area contributed by atoms with Gasteiger partial charge in [0.05, 0.1) is 6.10 Å². The van der Waals surface area contributed by atoms with Gasteiger partial charge in [-0.05, 0) is 50.8 Å². The SMILES string of the molecule is NCCc1ccc(S(=O)(=O)N2C3CCC2CC(O)C3)s1. The minimum atomic E-state index is -3.42. The van der Waals surface area contributed by atoms with E-state index < -0.39 is 10.0 Å². The summed E-state index contributed by atoms with van der Waals surface area (Å²) in [5.41, 5.74) is 5.51. The van der Waals surface area contributed by atoms with E-state index in [1.807, 2.05) is 6.07 Å². The third-order valence-corrected chi connectivity index (χ3v) is 7.82. The first-order valence-electron chi connectivity index (χ1n) is 7.02. The van der Waals surface area contributed by atoms with E-state index in [9.17, 15) is 13.5 Å². The van der Waals surface area contributed by atoms with Gasteiger partial charge in [-0.15, -0.1) is 11.3 Å². The summed E-state index contributed by atoms with van der Waals surface area (Å²) in [5.74, 6) is 0. The number of rotatable bonds is 4. The summed E-state index contributed by atoms with van der Waals surface area (Å²) in [6, 6.07) is 3.48. The standard InChI is InChI=1S/C13H20N2O3S2/c14-6-5-12-3-4-13(19-12)20(17,18)15-9-1-2-10(15)8-11(16)7-9/h3-4,9-11,16H,1-2,5-8,14H2. The zero-order chi connectivity index (χ0) is 14.3. The van der Waals surface area contributed by atoms with Gasteiger partial charge in [0, 0.05) is 17.0 Å². The van der Waals surface area contributed by atoms with E-state index in [1.54, 1.807) is 10.4 Å². The quantitative estimate of drug-likeness (QED) is 0.865. The lowest BCUT2D eigenvalue weighted by Gasteiger charge is -2.35. The fourth-order valence-electron chi connectivity index (χ4n) is 3.38. The molecule has 0 spiro atoms. The molecule has 3 N–H and O–H groups in total. The van der Waals surface area contributed by atoms with Crippen LogP contribution in [0, 0.1) is 0 Å². The van der Waals surface area contributed by atoms with Gasteiger partial charge < -0.3 is 10.8 Å². The molecule has 0 aliphatic carbocycles. The first-order chi connectivity index (χ1) is 9.52. The van der Waals surface area contributed by atoms with E-state index in [-0.39, 0.29) is 18.2 Å². The molecule has 0 amide bonds. The number of hydrogen-bond acceptors (Lipinski definition) is 5. The Kier molecular flexibility index (Phi) is 3.89. The van der Waals surface area contributed by atoms with Crippen LogP contribution >= 0.6 is 11.3 Å². The highest BCUT2D eigenvalue weighted by molar-refractivity contribution is 7.91. The van der Waals surface area contributed by atoms with Gasteiger partial charge in [0.2, 0.25) is 0 Å². The molecule has 2 atom stereocenters. The van der Waals surface area contributed by atoms with E-state index in [0.29, 0.717) is 30.0 Å². The van der Waals surface area contributed by atoms with Crippen LogP contribution in [0.3, 0.4) is 0 Å². The van der Waals surface area contributed by atoms with E-state index >= 15 is 0 Å². The van der Waals surface area contributed by atoms with Crippen molar-refractivity contribution < 1.29 is 13.5 Å². The van der Waals surface area contributed by atoms with E-state index in [4.69, 9.17) is 5.73 Å². The molecule has 1 aromatic heterocycles. The second kappa shape index (κ2) is 5.38. The topological polar surface area (TPSA) is 83.6 Å². The van der Waals surface area contributed by atoms with Gasteiger partial charge in [0.25, 0.3) is 10.0 Å². The third-order valence-electron chi connectivity index (χ3n) is 4.20. The molecular formula is C13H20N2O3S2. The molecule has 0 radical (unpaired) electrons. The maximum atomic E-state index is 12.8. The van der Waals surface area contributed by atoms with E-state index in [1.165, 1.54) is 11.3 Å². The van der Waals surface area contributed by atoms with Crippen LogP contribution in [0.15, 0.2) is 16.3 Å². The van der Waals surface area contributed by atoms with E-state index in [2.05, 4.69) is 0 Å². The number of nitrogens with zero attached hydrogens (tertiary/aromatic N) is 1. The van der Waals surface area contributed by atoms with Crippen LogP contribution in [0.1, 0.15) is 30.6 Å². The molecule has 2 aliphatic heterocycles. The van der Waals surface area contributed by atoms with Crippen molar-refractivity contribution in [1.29, 1.82) is 0 Å². The van der Waals surface area contributed by atoms with Gasteiger partial charge in [-0.3, -0.25) is 0 Å². The molecule has 5 nitrogen and oxygen atoms in total. The molecule has 1 aromatic rings. The van der Waals surface area contributed by atoms with Crippen molar-refractivity contribution in [3.8, 4) is 0 Å². The van der Waals surface area contributed by atoms with E-state index in [0.717, 1.165) is 17.7 Å². The smallest absolute Gasteiger partial charge is 0.253 e. The summed E-state index contributed by atoms with van der Waals surface area (Å²) in [5, 5.41) is 9.79. The number of piperidine rings is 1. The normalized spacial score (nSPS) is 30.8. The largest absolute Gasteiger partial charge is 0.393 e. The van der Waals surface area contributed by atoms with Crippen LogP contribution in [-0.4, -0.2) is 42.6 Å². The van der Waals surface area contributed by atoms with Crippen molar-refractivity contribution in [2.45, 2.75) is 54.5 Å². The minimum absolute atomic E-state index is 0.0335. The van der Waals surface area contributed by atoms with Crippen LogP contribution < -0.4 is 5.73 Å². The Morgan fingerprint density at radius 3 is 2.55 bits per heavy atom. The predicted octanol–water partition coefficient (Wildman–Crippen LogP) is 0.926. The van der Waals surface area contributed by atoms with Crippen molar-refractivity contribution >= 4 is 21.4 Å². The van der Waals surface area contributed by atoms with Crippen molar-refractivity contribution in [3.05, 3.63) is 17.0 Å². The van der Waals surface area contributed by atoms with Gasteiger partial charge in [0.15, 0.2) is 0 Å². The number of aliphatic hydroxyl groups excluding tert-OH is 1. The zero-order valence-corrected chi connectivity index (χ0v) is 12.9. The first kappa shape index (κ1) is 14.5. The van der Waals surface area contributed by atoms with Gasteiger partial charge in [-0.1, -0.05) is 0 Å². The summed E-state index contributed by atoms with van der Waals surface area (Å²) in [6.07, 6.45) is 3.22. The molecule has 0 saturated carbocycles. The van der Waals surface area contributed by atoms with Gasteiger partial charge in [-0.2, -0.15) is 4.31 Å². The highest BCUT2D eigenvalue weighted by atomic mass is 32.2. The number of sulfonamides is 1. The average molecular weight is 316 g/mol. The number of nitrogens with two attached hydrogens (primary N) is 1. The highest BCUT2D eigenvalue weighted by Crippen LogP contribution is 2.40. The lowest BCUT2D eigenvalue weighted by molar-refractivity contribution is 0.0769. The Bertz CT molecular complexity index is 570. The number of fused-ring (bicyclic) bond motifs is 2. The lowest BCUT2D eigenvalue weighted by atomic mass is 10.0. The number of hydrogen-bond donors (Lipinski definition) is 2. The molecule has 2 unspecified atom stereocenters. The molecular weight excluding hydrogens is 296 g/mol. The van der Waals surface area contributed by atoms with Crippen molar-refractivity contribution in [2.24, 2.45) is 5.73 Å². The fourth-order valence-corrected chi connectivity index (χ4v) is 6.74. The van der Waals surface area contributed by atoms with Crippen LogP contribution in [0.2, 0.25) is 0 Å². The monoisotopic (exact) mass is 316 g/mol. The van der Waals surface area contributed by atoms with Crippen LogP contribution in [0.5, 0.6) is 0 Å². The van der Waals surface area contributed by atoms with Crippen molar-refractivity contribution in [1.82, 2.24) is 4.31 Å². The molecule has 2 aliphatic rings. The highest BCUT2D eigenvalue weighted by Gasteiger charge is 2.47. The number of thiophene rings is 1. The zero-order valence-electron chi connectivity index (χ0n) is 11.2. The fraction of sp³-hybridized carbons (Fsp3) is 0.692. The van der Waals surface area contributed by atoms with Crippen molar-refractivity contribution in [3.63, 3.8) is 0 Å². The van der Waals surface area contributed by atoms with Crippen LogP contribution in [-0.2, 0) is 16.4 Å². The average Bonchev–Trinajstić information content (AvgIpc) is 2.95. The molecule has 7 heteroatoms. The molecule has 20 heavy (non-hydrogen) atoms. The first-order valence-corrected chi connectivity index (χ1v) is 9.28. The second-order valence-electron chi connectivity index (χ2n) is 5.60. The van der Waals surface area contributed by atoms with Crippen LogP contribution in [0.4, 0.5) is 0 Å². The summed E-state index contributed by atoms with van der Waals surface area (Å²) >= 11 is 1.32. The van der Waals surface area contributed by atoms with Gasteiger partial charge in [-0.25, -0.2) is 8.42 Å². The molecule has 2 saturated heterocycles. The Hall–Kier alpha value is -0.470. The van der Waals surface area contributed by atoms with Crippen molar-refractivity contribution in [2.75, 3.05) is 6.54 Å². The Morgan fingerprint density at radius 2 is 1.95 bits per heavy atom. The molecule has 3 heterocycles. The second-order valence-corrected chi connectivity index (χ2v) is 8.84. The predicted molar refractivity (Wildman–Crippen MR) is 78.2 cm³/mol. The Morgan fingerprint density at radius 1 is 1.30 bits per heavy atom.